The molecule has 0 fully saturated rings. The highest BCUT2D eigenvalue weighted by Crippen LogP contribution is 2.36. The quantitative estimate of drug-likeness (QED) is 0.794. The fourth-order valence-corrected chi connectivity index (χ4v) is 3.01. The number of nitrogens with zero attached hydrogens (tertiary/aromatic N) is 1. The molecule has 23 heavy (non-hydrogen) atoms. The zero-order valence-electron chi connectivity index (χ0n) is 12.9. The predicted octanol–water partition coefficient (Wildman–Crippen LogP) is 3.26. The number of halogens is 1. The summed E-state index contributed by atoms with van der Waals surface area (Å²) < 4.78 is 26.2. The van der Waals surface area contributed by atoms with Crippen molar-refractivity contribution >= 4 is 11.8 Å². The third-order valence-electron chi connectivity index (χ3n) is 4.31. The molecule has 4 rings (SSSR count). The molecule has 0 N–H and O–H groups in total. The van der Waals surface area contributed by atoms with E-state index in [4.69, 9.17) is 9.47 Å². The maximum absolute atomic E-state index is 13.0. The highest BCUT2D eigenvalue weighted by atomic mass is 19.1. The summed E-state index contributed by atoms with van der Waals surface area (Å²) >= 11 is 0. The van der Waals surface area contributed by atoms with Gasteiger partial charge in [-0.15, -0.1) is 0 Å². The van der Waals surface area contributed by atoms with Crippen LogP contribution >= 0.6 is 0 Å². The molecule has 2 aliphatic rings. The van der Waals surface area contributed by atoms with Crippen molar-refractivity contribution in [2.45, 2.75) is 6.42 Å². The second kappa shape index (κ2) is 5.54. The van der Waals surface area contributed by atoms with E-state index in [1.165, 1.54) is 23.3 Å². The van der Waals surface area contributed by atoms with Crippen LogP contribution in [0.25, 0.3) is 6.08 Å². The second-order valence-electron chi connectivity index (χ2n) is 5.80. The summed E-state index contributed by atoms with van der Waals surface area (Å²) in [5, 5.41) is 0. The average Bonchev–Trinajstić information content (AvgIpc) is 3.01. The van der Waals surface area contributed by atoms with Gasteiger partial charge in [-0.1, -0.05) is 12.1 Å². The van der Waals surface area contributed by atoms with Gasteiger partial charge in [0.2, 0.25) is 12.5 Å². The van der Waals surface area contributed by atoms with Crippen molar-refractivity contribution in [3.63, 3.8) is 0 Å². The van der Waals surface area contributed by atoms with Crippen molar-refractivity contribution in [1.82, 2.24) is 0 Å². The molecule has 116 valence electrons. The molecule has 3 nitrogen and oxygen atoms in total. The number of benzene rings is 2. The number of likely N-dealkylation sites (N-methyl/N-ethyl adjacent to an activating group) is 1. The Kier molecular flexibility index (Phi) is 3.37. The lowest BCUT2D eigenvalue weighted by molar-refractivity contribution is -0.497. The highest BCUT2D eigenvalue weighted by Gasteiger charge is 2.26. The van der Waals surface area contributed by atoms with Crippen LogP contribution in [0, 0.1) is 5.82 Å². The van der Waals surface area contributed by atoms with E-state index in [-0.39, 0.29) is 12.6 Å². The first-order chi connectivity index (χ1) is 11.2. The molecule has 4 heteroatoms. The Hall–Kier alpha value is -2.62. The smallest absolute Gasteiger partial charge is 0.231 e. The Labute approximate surface area is 134 Å². The fourth-order valence-electron chi connectivity index (χ4n) is 3.01. The zero-order valence-corrected chi connectivity index (χ0v) is 12.9. The molecule has 0 bridgehead atoms. The van der Waals surface area contributed by atoms with Gasteiger partial charge in [0.25, 0.3) is 0 Å². The monoisotopic (exact) mass is 310 g/mol. The first-order valence-electron chi connectivity index (χ1n) is 7.65. The largest absolute Gasteiger partial charge is 0.454 e. The molecular weight excluding hydrogens is 293 g/mol. The van der Waals surface area contributed by atoms with Crippen molar-refractivity contribution in [2.24, 2.45) is 0 Å². The van der Waals surface area contributed by atoms with Crippen LogP contribution in [0.5, 0.6) is 11.5 Å². The lowest BCUT2D eigenvalue weighted by Gasteiger charge is -2.15. The first kappa shape index (κ1) is 14.0. The van der Waals surface area contributed by atoms with Crippen LogP contribution in [0.3, 0.4) is 0 Å². The van der Waals surface area contributed by atoms with E-state index in [0.29, 0.717) is 0 Å². The third-order valence-corrected chi connectivity index (χ3v) is 4.31. The van der Waals surface area contributed by atoms with Crippen LogP contribution in [0.2, 0.25) is 0 Å². The molecule has 0 unspecified atom stereocenters. The van der Waals surface area contributed by atoms with Crippen LogP contribution in [-0.4, -0.2) is 30.7 Å². The maximum atomic E-state index is 13.0. The summed E-state index contributed by atoms with van der Waals surface area (Å²) in [6.45, 7) is 1.24. The fraction of sp³-hybridized carbons (Fsp3) is 0.211. The Morgan fingerprint density at radius 3 is 2.57 bits per heavy atom. The lowest BCUT2D eigenvalue weighted by atomic mass is 9.95. The molecule has 0 amide bonds. The van der Waals surface area contributed by atoms with Crippen molar-refractivity contribution in [3.05, 3.63) is 65.0 Å². The van der Waals surface area contributed by atoms with E-state index >= 15 is 0 Å². The van der Waals surface area contributed by atoms with Crippen LogP contribution < -0.4 is 9.47 Å². The number of hydrogen-bond acceptors (Lipinski definition) is 2. The number of hydrogen-bond donors (Lipinski definition) is 0. The number of ether oxygens (including phenoxy) is 2. The molecule has 2 aliphatic heterocycles. The summed E-state index contributed by atoms with van der Waals surface area (Å²) in [7, 11) is 2.08. The molecule has 0 spiro atoms. The third kappa shape index (κ3) is 2.61. The average molecular weight is 310 g/mol. The minimum atomic E-state index is -0.220. The summed E-state index contributed by atoms with van der Waals surface area (Å²) in [5.41, 5.74) is 4.54. The van der Waals surface area contributed by atoms with Crippen LogP contribution in [0.1, 0.15) is 16.7 Å². The highest BCUT2D eigenvalue weighted by molar-refractivity contribution is 6.09. The summed E-state index contributed by atoms with van der Waals surface area (Å²) in [6, 6.07) is 10.6. The van der Waals surface area contributed by atoms with Crippen LogP contribution in [0.4, 0.5) is 4.39 Å². The van der Waals surface area contributed by atoms with Crippen molar-refractivity contribution in [1.29, 1.82) is 0 Å². The normalized spacial score (nSPS) is 16.1. The second-order valence-corrected chi connectivity index (χ2v) is 5.80. The van der Waals surface area contributed by atoms with Gasteiger partial charge < -0.3 is 9.47 Å². The van der Waals surface area contributed by atoms with E-state index < -0.39 is 0 Å². The van der Waals surface area contributed by atoms with Gasteiger partial charge in [0.05, 0.1) is 5.56 Å². The van der Waals surface area contributed by atoms with Gasteiger partial charge in [-0.2, -0.15) is 0 Å². The first-order valence-corrected chi connectivity index (χ1v) is 7.65. The summed E-state index contributed by atoms with van der Waals surface area (Å²) in [4.78, 5) is 0. The molecule has 0 atom stereocenters. The Morgan fingerprint density at radius 2 is 1.78 bits per heavy atom. The standard InChI is InChI=1S/C19H17FNO2/c1-21-9-8-14-10-18-19(23-12-22-18)11-16(14)17(21)7-4-13-2-5-15(20)6-3-13/h2-7,10-11H,8-9,12H2,1H3/q+1. The zero-order chi connectivity index (χ0) is 15.8. The van der Waals surface area contributed by atoms with Crippen molar-refractivity contribution in [3.8, 4) is 11.5 Å². The van der Waals surface area contributed by atoms with Crippen molar-refractivity contribution < 1.29 is 18.4 Å². The van der Waals surface area contributed by atoms with E-state index in [2.05, 4.69) is 29.8 Å². The van der Waals surface area contributed by atoms with E-state index in [1.807, 2.05) is 6.08 Å². The molecule has 0 aromatic heterocycles. The number of fused-ring (bicyclic) bond motifs is 2. The van der Waals surface area contributed by atoms with Gasteiger partial charge in [-0.25, -0.2) is 8.97 Å². The minimum absolute atomic E-state index is 0.220. The molecule has 2 aromatic carbocycles. The van der Waals surface area contributed by atoms with E-state index in [1.54, 1.807) is 12.1 Å². The van der Waals surface area contributed by atoms with Gasteiger partial charge in [-0.05, 0) is 41.5 Å². The van der Waals surface area contributed by atoms with Gasteiger partial charge >= 0.3 is 0 Å². The summed E-state index contributed by atoms with van der Waals surface area (Å²) in [6.07, 6.45) is 5.06. The van der Waals surface area contributed by atoms with Gasteiger partial charge in [0.1, 0.15) is 19.4 Å². The molecule has 0 aliphatic carbocycles. The lowest BCUT2D eigenvalue weighted by Crippen LogP contribution is -2.25. The number of allylic oxidation sites excluding steroid dienone is 1. The molecule has 2 aromatic rings. The maximum Gasteiger partial charge on any atom is 0.231 e. The van der Waals surface area contributed by atoms with E-state index in [0.717, 1.165) is 35.7 Å². The van der Waals surface area contributed by atoms with Gasteiger partial charge in [0, 0.05) is 12.5 Å². The Morgan fingerprint density at radius 1 is 1.04 bits per heavy atom. The minimum Gasteiger partial charge on any atom is -0.454 e. The summed E-state index contributed by atoms with van der Waals surface area (Å²) in [5.74, 6) is 1.41. The Balaban J connectivity index is 1.72. The van der Waals surface area contributed by atoms with Crippen molar-refractivity contribution in [2.75, 3.05) is 20.4 Å². The SMILES string of the molecule is C[N+]1=C(C=Cc2ccc(F)cc2)c2cc3c(cc2CC1)OCO3. The Bertz CT molecular complexity index is 822. The molecule has 0 radical (unpaired) electrons. The van der Waals surface area contributed by atoms with Crippen LogP contribution in [0.15, 0.2) is 42.5 Å². The molecule has 2 heterocycles. The predicted molar refractivity (Wildman–Crippen MR) is 86.9 cm³/mol. The number of rotatable bonds is 2. The van der Waals surface area contributed by atoms with Gasteiger partial charge in [0.15, 0.2) is 11.5 Å². The molecule has 0 saturated carbocycles. The molecular formula is C19H17FNO2+. The van der Waals surface area contributed by atoms with Crippen LogP contribution in [-0.2, 0) is 6.42 Å². The van der Waals surface area contributed by atoms with Gasteiger partial charge in [-0.3, -0.25) is 0 Å². The topological polar surface area (TPSA) is 21.5 Å². The van der Waals surface area contributed by atoms with E-state index in [9.17, 15) is 4.39 Å². The molecule has 0 saturated heterocycles.